The Kier molecular flexibility index (Phi) is 9.55. The van der Waals surface area contributed by atoms with E-state index in [0.717, 1.165) is 31.5 Å². The number of nitrogens with zero attached hydrogens (tertiary/aromatic N) is 3. The zero-order chi connectivity index (χ0) is 19.3. The molecule has 2 aromatic rings. The second kappa shape index (κ2) is 12.2. The first-order chi connectivity index (χ1) is 13.2. The Morgan fingerprint density at radius 2 is 1.89 bits per heavy atom. The molecule has 0 unspecified atom stereocenters. The van der Waals surface area contributed by atoms with Crippen molar-refractivity contribution in [1.29, 1.82) is 0 Å². The van der Waals surface area contributed by atoms with Crippen LogP contribution in [-0.2, 0) is 0 Å². The van der Waals surface area contributed by atoms with Crippen molar-refractivity contribution < 1.29 is 4.74 Å². The largest absolute Gasteiger partial charge is 0.478 e. The summed E-state index contributed by atoms with van der Waals surface area (Å²) in [5.41, 5.74) is 0.951. The van der Waals surface area contributed by atoms with Gasteiger partial charge in [-0.1, -0.05) is 57.7 Å². The van der Waals surface area contributed by atoms with Gasteiger partial charge in [-0.2, -0.15) is 5.10 Å². The lowest BCUT2D eigenvalue weighted by molar-refractivity contribution is 0.284. The van der Waals surface area contributed by atoms with E-state index >= 15 is 0 Å². The number of rotatable bonds is 10. The van der Waals surface area contributed by atoms with Crippen LogP contribution in [0.25, 0.3) is 5.69 Å². The minimum Gasteiger partial charge on any atom is -0.478 e. The lowest BCUT2D eigenvalue weighted by Gasteiger charge is -2.13. The quantitative estimate of drug-likeness (QED) is 0.485. The first-order valence-electron chi connectivity index (χ1n) is 9.84. The molecule has 0 aliphatic rings. The summed E-state index contributed by atoms with van der Waals surface area (Å²) in [6.45, 7) is 5.85. The number of aromatic nitrogens is 2. The Morgan fingerprint density at radius 3 is 2.63 bits per heavy atom. The second-order valence-electron chi connectivity index (χ2n) is 6.41. The molecule has 0 radical (unpaired) electrons. The molecule has 0 amide bonds. The molecule has 27 heavy (non-hydrogen) atoms. The molecular weight excluding hydrogens is 356 g/mol. The first-order valence-corrected chi connectivity index (χ1v) is 10.3. The molecule has 0 aliphatic carbocycles. The number of hydrogen-bond donors (Lipinski definition) is 1. The van der Waals surface area contributed by atoms with E-state index in [-0.39, 0.29) is 0 Å². The van der Waals surface area contributed by atoms with Gasteiger partial charge >= 0.3 is 0 Å². The summed E-state index contributed by atoms with van der Waals surface area (Å²) < 4.78 is 7.74. The molecule has 1 heterocycles. The molecule has 0 saturated heterocycles. The molecule has 0 bridgehead atoms. The zero-order valence-corrected chi connectivity index (χ0v) is 17.2. The molecule has 0 saturated carbocycles. The normalized spacial score (nSPS) is 11.4. The van der Waals surface area contributed by atoms with Gasteiger partial charge in [-0.05, 0) is 37.2 Å². The van der Waals surface area contributed by atoms with E-state index in [0.29, 0.717) is 23.0 Å². The Morgan fingerprint density at radius 1 is 1.11 bits per heavy atom. The summed E-state index contributed by atoms with van der Waals surface area (Å²) in [4.78, 5) is 4.47. The maximum Gasteiger partial charge on any atom is 0.217 e. The van der Waals surface area contributed by atoms with Crippen molar-refractivity contribution >= 4 is 17.3 Å². The Balaban J connectivity index is 2.12. The number of para-hydroxylation sites is 1. The fourth-order valence-electron chi connectivity index (χ4n) is 2.55. The number of nitrogens with one attached hydrogen (secondary N) is 1. The van der Waals surface area contributed by atoms with E-state index in [1.54, 1.807) is 10.9 Å². The van der Waals surface area contributed by atoms with E-state index in [4.69, 9.17) is 17.0 Å². The van der Waals surface area contributed by atoms with Gasteiger partial charge < -0.3 is 10.1 Å². The van der Waals surface area contributed by atoms with Gasteiger partial charge in [0.25, 0.3) is 0 Å². The summed E-state index contributed by atoms with van der Waals surface area (Å²) in [6.07, 6.45) is 8.59. The third kappa shape index (κ3) is 7.51. The Labute approximate surface area is 167 Å². The van der Waals surface area contributed by atoms with Gasteiger partial charge in [0.05, 0.1) is 23.8 Å². The third-order valence-corrected chi connectivity index (χ3v) is 4.31. The van der Waals surface area contributed by atoms with Crippen molar-refractivity contribution in [3.8, 4) is 11.6 Å². The minimum atomic E-state index is 0.491. The van der Waals surface area contributed by atoms with Crippen LogP contribution in [0.2, 0.25) is 0 Å². The SMILES string of the molecule is CCCCCCNC(=S)N=c1cnn(-c2ccccc2)c(OCCCC)c1. The van der Waals surface area contributed by atoms with Gasteiger partial charge in [0.15, 0.2) is 5.11 Å². The fraction of sp³-hybridized carbons (Fsp3) is 0.476. The van der Waals surface area contributed by atoms with Crippen LogP contribution in [0, 0.1) is 0 Å². The topological polar surface area (TPSA) is 51.4 Å². The standard InChI is InChI=1S/C21H30N4OS/c1-3-5-7-11-14-22-21(27)24-18-16-20(26-15-6-4-2)25(23-17-18)19-12-9-8-10-13-19/h8-10,12-13,16-17H,3-7,11,14-15H2,1-2H3,(H,22,27). The van der Waals surface area contributed by atoms with E-state index < -0.39 is 0 Å². The Hall–Kier alpha value is -2.21. The van der Waals surface area contributed by atoms with Gasteiger partial charge in [0.1, 0.15) is 0 Å². The van der Waals surface area contributed by atoms with Crippen molar-refractivity contribution in [2.45, 2.75) is 52.4 Å². The molecule has 0 fully saturated rings. The molecule has 1 N–H and O–H groups in total. The van der Waals surface area contributed by atoms with Crippen LogP contribution in [0.3, 0.4) is 0 Å². The van der Waals surface area contributed by atoms with Crippen LogP contribution in [0.5, 0.6) is 5.88 Å². The summed E-state index contributed by atoms with van der Waals surface area (Å²) in [7, 11) is 0. The van der Waals surface area contributed by atoms with Crippen molar-refractivity contribution in [1.82, 2.24) is 15.1 Å². The highest BCUT2D eigenvalue weighted by Crippen LogP contribution is 2.14. The molecule has 2 rings (SSSR count). The predicted octanol–water partition coefficient (Wildman–Crippen LogP) is 4.41. The van der Waals surface area contributed by atoms with Crippen LogP contribution in [0.15, 0.2) is 47.6 Å². The second-order valence-corrected chi connectivity index (χ2v) is 6.79. The maximum atomic E-state index is 5.96. The highest BCUT2D eigenvalue weighted by atomic mass is 32.1. The molecule has 6 heteroatoms. The highest BCUT2D eigenvalue weighted by Gasteiger charge is 2.05. The molecule has 0 spiro atoms. The smallest absolute Gasteiger partial charge is 0.217 e. The Bertz CT molecular complexity index is 758. The van der Waals surface area contributed by atoms with Crippen LogP contribution in [-0.4, -0.2) is 28.0 Å². The average molecular weight is 387 g/mol. The number of hydrogen-bond acceptors (Lipinski definition) is 3. The van der Waals surface area contributed by atoms with Crippen molar-refractivity contribution in [2.24, 2.45) is 4.99 Å². The monoisotopic (exact) mass is 386 g/mol. The molecule has 1 aromatic carbocycles. The van der Waals surface area contributed by atoms with E-state index in [2.05, 4.69) is 29.3 Å². The van der Waals surface area contributed by atoms with Gasteiger partial charge in [-0.3, -0.25) is 0 Å². The predicted molar refractivity (Wildman–Crippen MR) is 114 cm³/mol. The van der Waals surface area contributed by atoms with Gasteiger partial charge in [0, 0.05) is 12.6 Å². The lowest BCUT2D eigenvalue weighted by Crippen LogP contribution is -2.24. The number of benzene rings is 1. The molecule has 1 aromatic heterocycles. The van der Waals surface area contributed by atoms with Crippen LogP contribution < -0.4 is 15.4 Å². The van der Waals surface area contributed by atoms with Gasteiger partial charge in [-0.15, -0.1) is 0 Å². The fourth-order valence-corrected chi connectivity index (χ4v) is 2.76. The van der Waals surface area contributed by atoms with E-state index in [1.165, 1.54) is 19.3 Å². The highest BCUT2D eigenvalue weighted by molar-refractivity contribution is 7.80. The van der Waals surface area contributed by atoms with Crippen molar-refractivity contribution in [2.75, 3.05) is 13.2 Å². The van der Waals surface area contributed by atoms with Crippen LogP contribution in [0.1, 0.15) is 52.4 Å². The molecule has 0 aliphatic heterocycles. The number of thiocarbonyl (C=S) groups is 1. The van der Waals surface area contributed by atoms with E-state index in [1.807, 2.05) is 36.4 Å². The number of unbranched alkanes of at least 4 members (excludes halogenated alkanes) is 4. The maximum absolute atomic E-state index is 5.96. The van der Waals surface area contributed by atoms with Crippen molar-refractivity contribution in [3.63, 3.8) is 0 Å². The third-order valence-electron chi connectivity index (χ3n) is 4.07. The van der Waals surface area contributed by atoms with Gasteiger partial charge in [-0.25, -0.2) is 9.67 Å². The average Bonchev–Trinajstić information content (AvgIpc) is 2.69. The lowest BCUT2D eigenvalue weighted by atomic mass is 10.2. The summed E-state index contributed by atoms with van der Waals surface area (Å²) in [6, 6.07) is 11.8. The molecule has 0 atom stereocenters. The molecule has 5 nitrogen and oxygen atoms in total. The minimum absolute atomic E-state index is 0.491. The van der Waals surface area contributed by atoms with Crippen molar-refractivity contribution in [3.05, 3.63) is 48.0 Å². The molecule has 146 valence electrons. The van der Waals surface area contributed by atoms with Crippen LogP contribution >= 0.6 is 12.2 Å². The summed E-state index contributed by atoms with van der Waals surface area (Å²) in [5.74, 6) is 0.668. The zero-order valence-electron chi connectivity index (χ0n) is 16.4. The number of ether oxygens (including phenoxy) is 1. The van der Waals surface area contributed by atoms with Gasteiger partial charge in [0.2, 0.25) is 5.88 Å². The van der Waals surface area contributed by atoms with E-state index in [9.17, 15) is 0 Å². The summed E-state index contributed by atoms with van der Waals surface area (Å²) in [5, 5.41) is 8.89. The van der Waals surface area contributed by atoms with Crippen LogP contribution in [0.4, 0.5) is 0 Å². The summed E-state index contributed by atoms with van der Waals surface area (Å²) >= 11 is 5.34. The molecular formula is C21H30N4OS. The first kappa shape index (κ1) is 21.1.